The second-order valence-corrected chi connectivity index (χ2v) is 6.84. The van der Waals surface area contributed by atoms with E-state index in [0.29, 0.717) is 18.3 Å². The van der Waals surface area contributed by atoms with Crippen LogP contribution in [0.5, 0.6) is 0 Å². The molecule has 1 aliphatic carbocycles. The van der Waals surface area contributed by atoms with Gasteiger partial charge in [-0.1, -0.05) is 64.5 Å². The molecule has 0 aromatic carbocycles. The molecule has 0 fully saturated rings. The van der Waals surface area contributed by atoms with Crippen molar-refractivity contribution in [1.82, 2.24) is 0 Å². The minimum atomic E-state index is -0.988. The monoisotopic (exact) mass is 312 g/mol. The quantitative estimate of drug-likeness (QED) is 0.331. The highest BCUT2D eigenvalue weighted by Crippen LogP contribution is 2.46. The molecular weight excluding hydrogens is 280 g/mol. The molecule has 0 N–H and O–H groups in total. The standard InChI is InChI=1S/C21H32N2/c1-4-7-8-9-10-12-18(6-3)19-13-11-14-20(19)21(16-22,17-23)15-5-2/h5,14,18-19H,2,4,6-13,15H2,1,3H3/t18-,19-/m1/s1. The van der Waals surface area contributed by atoms with Gasteiger partial charge in [-0.2, -0.15) is 10.5 Å². The van der Waals surface area contributed by atoms with E-state index in [1.165, 1.54) is 38.5 Å². The fourth-order valence-corrected chi connectivity index (χ4v) is 3.99. The van der Waals surface area contributed by atoms with E-state index >= 15 is 0 Å². The molecule has 2 atom stereocenters. The highest BCUT2D eigenvalue weighted by Gasteiger charge is 2.41. The van der Waals surface area contributed by atoms with Gasteiger partial charge in [0.15, 0.2) is 5.41 Å². The second kappa shape index (κ2) is 10.3. The van der Waals surface area contributed by atoms with Gasteiger partial charge < -0.3 is 0 Å². The number of hydrogen-bond acceptors (Lipinski definition) is 2. The third-order valence-corrected chi connectivity index (χ3v) is 5.34. The van der Waals surface area contributed by atoms with Crippen LogP contribution in [0.25, 0.3) is 0 Å². The number of allylic oxidation sites excluding steroid dienone is 3. The molecule has 0 spiro atoms. The Labute approximate surface area is 142 Å². The molecule has 1 rings (SSSR count). The summed E-state index contributed by atoms with van der Waals surface area (Å²) in [6, 6.07) is 4.60. The van der Waals surface area contributed by atoms with Crippen LogP contribution in [0.2, 0.25) is 0 Å². The SMILES string of the molecule is C=CCC(C#N)(C#N)C1=CCC[C@@H]1[C@H](CC)CCCCCCC. The Morgan fingerprint density at radius 2 is 1.96 bits per heavy atom. The van der Waals surface area contributed by atoms with Crippen molar-refractivity contribution in [2.75, 3.05) is 0 Å². The number of unbranched alkanes of at least 4 members (excludes halogenated alkanes) is 4. The van der Waals surface area contributed by atoms with Gasteiger partial charge in [0.2, 0.25) is 0 Å². The Morgan fingerprint density at radius 1 is 1.26 bits per heavy atom. The van der Waals surface area contributed by atoms with Crippen LogP contribution >= 0.6 is 0 Å². The summed E-state index contributed by atoms with van der Waals surface area (Å²) in [4.78, 5) is 0. The molecule has 0 saturated heterocycles. The first kappa shape index (κ1) is 19.5. The lowest BCUT2D eigenvalue weighted by molar-refractivity contribution is 0.307. The van der Waals surface area contributed by atoms with Crippen molar-refractivity contribution >= 4 is 0 Å². The van der Waals surface area contributed by atoms with Crippen molar-refractivity contribution in [2.24, 2.45) is 17.3 Å². The lowest BCUT2D eigenvalue weighted by Gasteiger charge is -2.30. The minimum absolute atomic E-state index is 0.408. The predicted molar refractivity (Wildman–Crippen MR) is 96.4 cm³/mol. The second-order valence-electron chi connectivity index (χ2n) is 6.84. The van der Waals surface area contributed by atoms with Crippen molar-refractivity contribution < 1.29 is 0 Å². The van der Waals surface area contributed by atoms with Crippen LogP contribution in [0.3, 0.4) is 0 Å². The lowest BCUT2D eigenvalue weighted by Crippen LogP contribution is -2.26. The molecule has 0 aliphatic heterocycles. The molecule has 0 bridgehead atoms. The summed E-state index contributed by atoms with van der Waals surface area (Å²) in [5.74, 6) is 1.02. The zero-order valence-corrected chi connectivity index (χ0v) is 15.0. The highest BCUT2D eigenvalue weighted by atomic mass is 14.5. The summed E-state index contributed by atoms with van der Waals surface area (Å²) >= 11 is 0. The number of nitrogens with zero attached hydrogens (tertiary/aromatic N) is 2. The topological polar surface area (TPSA) is 47.6 Å². The van der Waals surface area contributed by atoms with Gasteiger partial charge in [-0.05, 0) is 36.7 Å². The smallest absolute Gasteiger partial charge is 0.168 e. The Morgan fingerprint density at radius 3 is 2.52 bits per heavy atom. The zero-order chi connectivity index (χ0) is 17.1. The van der Waals surface area contributed by atoms with Crippen LogP contribution in [0.4, 0.5) is 0 Å². The minimum Gasteiger partial charge on any atom is -0.196 e. The maximum Gasteiger partial charge on any atom is 0.168 e. The van der Waals surface area contributed by atoms with Gasteiger partial charge in [-0.15, -0.1) is 6.58 Å². The van der Waals surface area contributed by atoms with E-state index in [0.717, 1.165) is 24.8 Å². The van der Waals surface area contributed by atoms with E-state index in [-0.39, 0.29) is 0 Å². The zero-order valence-electron chi connectivity index (χ0n) is 15.0. The van der Waals surface area contributed by atoms with E-state index in [1.54, 1.807) is 6.08 Å². The molecule has 0 aromatic heterocycles. The van der Waals surface area contributed by atoms with Crippen LogP contribution in [0.1, 0.15) is 78.1 Å². The first-order valence-electron chi connectivity index (χ1n) is 9.33. The van der Waals surface area contributed by atoms with Gasteiger partial charge >= 0.3 is 0 Å². The summed E-state index contributed by atoms with van der Waals surface area (Å²) < 4.78 is 0. The Bertz CT molecular complexity index is 461. The molecule has 0 amide bonds. The average molecular weight is 313 g/mol. The average Bonchev–Trinajstić information content (AvgIpc) is 3.06. The van der Waals surface area contributed by atoms with E-state index in [2.05, 4.69) is 38.6 Å². The Kier molecular flexibility index (Phi) is 8.71. The normalized spacial score (nSPS) is 18.8. The number of rotatable bonds is 11. The third kappa shape index (κ3) is 4.97. The first-order valence-corrected chi connectivity index (χ1v) is 9.33. The molecule has 1 aliphatic rings. The van der Waals surface area contributed by atoms with E-state index in [4.69, 9.17) is 0 Å². The molecule has 0 unspecified atom stereocenters. The van der Waals surface area contributed by atoms with E-state index in [1.807, 2.05) is 0 Å². The Hall–Kier alpha value is -1.54. The fourth-order valence-electron chi connectivity index (χ4n) is 3.99. The van der Waals surface area contributed by atoms with Crippen molar-refractivity contribution in [2.45, 2.75) is 78.1 Å². The van der Waals surface area contributed by atoms with Gasteiger partial charge in [0.05, 0.1) is 12.1 Å². The van der Waals surface area contributed by atoms with Gasteiger partial charge in [0.1, 0.15) is 0 Å². The molecule has 2 heteroatoms. The summed E-state index contributed by atoms with van der Waals surface area (Å²) in [6.07, 6.45) is 15.3. The van der Waals surface area contributed by atoms with Crippen molar-refractivity contribution in [1.29, 1.82) is 10.5 Å². The Balaban J connectivity index is 2.77. The van der Waals surface area contributed by atoms with Crippen LogP contribution in [0.15, 0.2) is 24.3 Å². The van der Waals surface area contributed by atoms with Crippen molar-refractivity contribution in [3.63, 3.8) is 0 Å². The van der Waals surface area contributed by atoms with E-state index in [9.17, 15) is 10.5 Å². The number of hydrogen-bond donors (Lipinski definition) is 0. The summed E-state index contributed by atoms with van der Waals surface area (Å²) in [6.45, 7) is 8.25. The molecule has 2 nitrogen and oxygen atoms in total. The van der Waals surface area contributed by atoms with Crippen LogP contribution in [-0.2, 0) is 0 Å². The maximum absolute atomic E-state index is 9.65. The van der Waals surface area contributed by atoms with Crippen molar-refractivity contribution in [3.8, 4) is 12.1 Å². The predicted octanol–water partition coefficient (Wildman–Crippen LogP) is 6.32. The highest BCUT2D eigenvalue weighted by molar-refractivity contribution is 5.37. The van der Waals surface area contributed by atoms with Gasteiger partial charge in [-0.25, -0.2) is 0 Å². The molecule has 0 saturated carbocycles. The van der Waals surface area contributed by atoms with Crippen LogP contribution in [-0.4, -0.2) is 0 Å². The molecule has 0 radical (unpaired) electrons. The van der Waals surface area contributed by atoms with Crippen LogP contribution < -0.4 is 0 Å². The van der Waals surface area contributed by atoms with Gasteiger partial charge in [0, 0.05) is 6.42 Å². The summed E-state index contributed by atoms with van der Waals surface area (Å²) in [5.41, 5.74) is 0.0984. The summed E-state index contributed by atoms with van der Waals surface area (Å²) in [5, 5.41) is 19.3. The third-order valence-electron chi connectivity index (χ3n) is 5.34. The van der Waals surface area contributed by atoms with Crippen molar-refractivity contribution in [3.05, 3.63) is 24.3 Å². The fraction of sp³-hybridized carbons (Fsp3) is 0.714. The maximum atomic E-state index is 9.65. The van der Waals surface area contributed by atoms with E-state index < -0.39 is 5.41 Å². The molecule has 126 valence electrons. The summed E-state index contributed by atoms with van der Waals surface area (Å²) in [7, 11) is 0. The largest absolute Gasteiger partial charge is 0.196 e. The first-order chi connectivity index (χ1) is 11.2. The lowest BCUT2D eigenvalue weighted by atomic mass is 9.70. The molecule has 0 heterocycles. The molecule has 0 aromatic rings. The molecular formula is C21H32N2. The number of nitriles is 2. The van der Waals surface area contributed by atoms with Gasteiger partial charge in [-0.3, -0.25) is 0 Å². The van der Waals surface area contributed by atoms with Crippen LogP contribution in [0, 0.1) is 39.9 Å². The molecule has 23 heavy (non-hydrogen) atoms. The van der Waals surface area contributed by atoms with Gasteiger partial charge in [0.25, 0.3) is 0 Å².